The summed E-state index contributed by atoms with van der Waals surface area (Å²) in [6, 6.07) is 10.3. The molecule has 0 bridgehead atoms. The van der Waals surface area contributed by atoms with Crippen molar-refractivity contribution in [1.82, 2.24) is 4.90 Å². The summed E-state index contributed by atoms with van der Waals surface area (Å²) in [6.07, 6.45) is 12.5. The van der Waals surface area contributed by atoms with E-state index in [1.165, 1.54) is 71.0 Å². The molecule has 0 aromatic heterocycles. The molecule has 0 saturated heterocycles. The predicted molar refractivity (Wildman–Crippen MR) is 150 cm³/mol. The number of ether oxygens (including phenoxy) is 2. The summed E-state index contributed by atoms with van der Waals surface area (Å²) in [6.45, 7) is 13.6. The molecule has 0 aliphatic carbocycles. The summed E-state index contributed by atoms with van der Waals surface area (Å²) >= 11 is 0. The molecule has 198 valence electrons. The number of fused-ring (bicyclic) bond motifs is 1. The van der Waals surface area contributed by atoms with Crippen LogP contribution in [0.2, 0.25) is 0 Å². The molecular weight excluding hydrogens is 434 g/mol. The molecule has 4 nitrogen and oxygen atoms in total. The zero-order valence-corrected chi connectivity index (χ0v) is 23.0. The van der Waals surface area contributed by atoms with E-state index in [9.17, 15) is 5.11 Å². The van der Waals surface area contributed by atoms with Gasteiger partial charge in [0.05, 0.1) is 19.3 Å². The molecule has 35 heavy (non-hydrogen) atoms. The van der Waals surface area contributed by atoms with Gasteiger partial charge < -0.3 is 19.5 Å². The third-order valence-electron chi connectivity index (χ3n) is 6.77. The SMILES string of the molecule is CCCCN(CCCC)CCCCCCCC(O)Cc1cccc2c(OCC)ccc(OCC)c12. The first-order valence-electron chi connectivity index (χ1n) is 14.3. The van der Waals surface area contributed by atoms with E-state index in [2.05, 4.69) is 36.9 Å². The maximum absolute atomic E-state index is 10.8. The van der Waals surface area contributed by atoms with Crippen molar-refractivity contribution in [1.29, 1.82) is 0 Å². The Morgan fingerprint density at radius 3 is 2.00 bits per heavy atom. The Labute approximate surface area is 215 Å². The standard InChI is InChI=1S/C31H51NO3/c1-5-9-22-32(23-10-6-2)24-15-13-11-12-14-18-27(33)25-26-17-16-19-28-29(34-7-3)20-21-30(31(26)28)35-8-4/h16-17,19-21,27,33H,5-15,18,22-25H2,1-4H3. The van der Waals surface area contributed by atoms with E-state index in [1.807, 2.05) is 26.0 Å². The molecular formula is C31H51NO3. The fraction of sp³-hybridized carbons (Fsp3) is 0.677. The normalized spacial score (nSPS) is 12.4. The van der Waals surface area contributed by atoms with Crippen LogP contribution in [0.5, 0.6) is 11.5 Å². The zero-order chi connectivity index (χ0) is 25.3. The van der Waals surface area contributed by atoms with Crippen LogP contribution >= 0.6 is 0 Å². The zero-order valence-electron chi connectivity index (χ0n) is 23.0. The van der Waals surface area contributed by atoms with Crippen LogP contribution in [0.1, 0.15) is 97.5 Å². The lowest BCUT2D eigenvalue weighted by atomic mass is 9.96. The van der Waals surface area contributed by atoms with Crippen LogP contribution in [0, 0.1) is 0 Å². The predicted octanol–water partition coefficient (Wildman–Crippen LogP) is 7.78. The summed E-state index contributed by atoms with van der Waals surface area (Å²) in [7, 11) is 0. The second kappa shape index (κ2) is 17.6. The van der Waals surface area contributed by atoms with Crippen LogP contribution in [-0.2, 0) is 6.42 Å². The van der Waals surface area contributed by atoms with Crippen molar-refractivity contribution >= 4 is 10.8 Å². The topological polar surface area (TPSA) is 41.9 Å². The van der Waals surface area contributed by atoms with Gasteiger partial charge in [0.15, 0.2) is 0 Å². The molecule has 0 spiro atoms. The molecule has 4 heteroatoms. The molecule has 0 fully saturated rings. The second-order valence-electron chi connectivity index (χ2n) is 9.73. The molecule has 0 saturated carbocycles. The Hall–Kier alpha value is -1.78. The van der Waals surface area contributed by atoms with Gasteiger partial charge in [0.1, 0.15) is 11.5 Å². The molecule has 2 aromatic carbocycles. The smallest absolute Gasteiger partial charge is 0.127 e. The summed E-state index contributed by atoms with van der Waals surface area (Å²) in [4.78, 5) is 2.66. The van der Waals surface area contributed by atoms with Crippen molar-refractivity contribution in [3.63, 3.8) is 0 Å². The minimum Gasteiger partial charge on any atom is -0.493 e. The van der Waals surface area contributed by atoms with E-state index >= 15 is 0 Å². The van der Waals surface area contributed by atoms with E-state index in [1.54, 1.807) is 0 Å². The Morgan fingerprint density at radius 1 is 0.714 bits per heavy atom. The average Bonchev–Trinajstić information content (AvgIpc) is 2.86. The number of aliphatic hydroxyl groups excluding tert-OH is 1. The fourth-order valence-electron chi connectivity index (χ4n) is 4.85. The highest BCUT2D eigenvalue weighted by Gasteiger charge is 2.15. The molecule has 2 aromatic rings. The fourth-order valence-corrected chi connectivity index (χ4v) is 4.85. The van der Waals surface area contributed by atoms with Gasteiger partial charge in [-0.3, -0.25) is 0 Å². The van der Waals surface area contributed by atoms with Gasteiger partial charge in [-0.05, 0) is 83.3 Å². The van der Waals surface area contributed by atoms with Crippen molar-refractivity contribution in [3.05, 3.63) is 35.9 Å². The molecule has 0 aliphatic rings. The third-order valence-corrected chi connectivity index (χ3v) is 6.77. The first-order valence-corrected chi connectivity index (χ1v) is 14.3. The number of hydrogen-bond donors (Lipinski definition) is 1. The summed E-state index contributed by atoms with van der Waals surface area (Å²) in [5.41, 5.74) is 1.14. The summed E-state index contributed by atoms with van der Waals surface area (Å²) < 4.78 is 11.8. The highest BCUT2D eigenvalue weighted by molar-refractivity contribution is 5.96. The van der Waals surface area contributed by atoms with Crippen molar-refractivity contribution in [2.75, 3.05) is 32.8 Å². The second-order valence-corrected chi connectivity index (χ2v) is 9.73. The largest absolute Gasteiger partial charge is 0.493 e. The van der Waals surface area contributed by atoms with Gasteiger partial charge in [-0.2, -0.15) is 0 Å². The molecule has 1 N–H and O–H groups in total. The number of unbranched alkanes of at least 4 members (excludes halogenated alkanes) is 6. The Morgan fingerprint density at radius 2 is 1.31 bits per heavy atom. The lowest BCUT2D eigenvalue weighted by Crippen LogP contribution is -2.27. The molecule has 2 rings (SSSR count). The highest BCUT2D eigenvalue weighted by Crippen LogP contribution is 2.36. The van der Waals surface area contributed by atoms with Crippen LogP contribution in [-0.4, -0.2) is 49.0 Å². The summed E-state index contributed by atoms with van der Waals surface area (Å²) in [5, 5.41) is 13.0. The van der Waals surface area contributed by atoms with Crippen molar-refractivity contribution in [3.8, 4) is 11.5 Å². The molecule has 0 aliphatic heterocycles. The summed E-state index contributed by atoms with van der Waals surface area (Å²) in [5.74, 6) is 1.76. The van der Waals surface area contributed by atoms with Gasteiger partial charge in [0.25, 0.3) is 0 Å². The van der Waals surface area contributed by atoms with Gasteiger partial charge in [-0.15, -0.1) is 0 Å². The number of benzene rings is 2. The lowest BCUT2D eigenvalue weighted by Gasteiger charge is -2.21. The number of hydrogen-bond acceptors (Lipinski definition) is 4. The maximum atomic E-state index is 10.8. The Bertz CT molecular complexity index is 814. The molecule has 0 heterocycles. The van der Waals surface area contributed by atoms with Crippen molar-refractivity contribution in [2.45, 2.75) is 104 Å². The number of nitrogens with zero attached hydrogens (tertiary/aromatic N) is 1. The minimum atomic E-state index is -0.329. The van der Waals surface area contributed by atoms with E-state index in [4.69, 9.17) is 9.47 Å². The monoisotopic (exact) mass is 485 g/mol. The Kier molecular flexibility index (Phi) is 14.8. The highest BCUT2D eigenvalue weighted by atomic mass is 16.5. The molecule has 0 amide bonds. The molecule has 1 unspecified atom stereocenters. The van der Waals surface area contributed by atoms with Crippen molar-refractivity contribution in [2.24, 2.45) is 0 Å². The van der Waals surface area contributed by atoms with Gasteiger partial charge in [-0.1, -0.05) is 70.6 Å². The average molecular weight is 486 g/mol. The first-order chi connectivity index (χ1) is 17.1. The van der Waals surface area contributed by atoms with Gasteiger partial charge in [-0.25, -0.2) is 0 Å². The van der Waals surface area contributed by atoms with Crippen molar-refractivity contribution < 1.29 is 14.6 Å². The number of rotatable bonds is 20. The van der Waals surface area contributed by atoms with Crippen LogP contribution < -0.4 is 9.47 Å². The minimum absolute atomic E-state index is 0.329. The molecule has 1 atom stereocenters. The van der Waals surface area contributed by atoms with Gasteiger partial charge in [0, 0.05) is 10.8 Å². The Balaban J connectivity index is 1.80. The van der Waals surface area contributed by atoms with Crippen LogP contribution in [0.25, 0.3) is 10.8 Å². The van der Waals surface area contributed by atoms with E-state index < -0.39 is 0 Å². The molecule has 0 radical (unpaired) electrons. The third kappa shape index (κ3) is 10.4. The lowest BCUT2D eigenvalue weighted by molar-refractivity contribution is 0.161. The maximum Gasteiger partial charge on any atom is 0.127 e. The number of aliphatic hydroxyl groups is 1. The van der Waals surface area contributed by atoms with E-state index in [0.29, 0.717) is 19.6 Å². The van der Waals surface area contributed by atoms with Gasteiger partial charge >= 0.3 is 0 Å². The first kappa shape index (κ1) is 29.5. The van der Waals surface area contributed by atoms with E-state index in [0.717, 1.165) is 40.7 Å². The van der Waals surface area contributed by atoms with E-state index in [-0.39, 0.29) is 6.10 Å². The van der Waals surface area contributed by atoms with Crippen LogP contribution in [0.3, 0.4) is 0 Å². The van der Waals surface area contributed by atoms with Gasteiger partial charge in [0.2, 0.25) is 0 Å². The quantitative estimate of drug-likeness (QED) is 0.194. The van der Waals surface area contributed by atoms with Crippen LogP contribution in [0.15, 0.2) is 30.3 Å². The van der Waals surface area contributed by atoms with Crippen LogP contribution in [0.4, 0.5) is 0 Å².